The number of rotatable bonds is 7. The first-order valence-corrected chi connectivity index (χ1v) is 13.6. The van der Waals surface area contributed by atoms with Gasteiger partial charge in [-0.15, -0.1) is 0 Å². The Morgan fingerprint density at radius 2 is 2.03 bits per heavy atom. The summed E-state index contributed by atoms with van der Waals surface area (Å²) in [5, 5.41) is 4.56. The van der Waals surface area contributed by atoms with Gasteiger partial charge < -0.3 is 20.4 Å². The molecule has 3 heterocycles. The maximum Gasteiger partial charge on any atom is 0.277 e. The van der Waals surface area contributed by atoms with Crippen LogP contribution in [0.2, 0.25) is 0 Å². The molecule has 1 aliphatic heterocycles. The van der Waals surface area contributed by atoms with E-state index in [1.54, 1.807) is 11.7 Å². The number of nitrogens with one attached hydrogen (secondary N) is 1. The van der Waals surface area contributed by atoms with Crippen molar-refractivity contribution in [3.63, 3.8) is 0 Å². The van der Waals surface area contributed by atoms with Gasteiger partial charge in [0.2, 0.25) is 5.91 Å². The molecule has 3 aromatic rings. The first kappa shape index (κ1) is 25.3. The number of primary amides is 1. The van der Waals surface area contributed by atoms with Gasteiger partial charge in [-0.25, -0.2) is 4.98 Å². The number of carbonyl (C=O) groups excluding carboxylic acids is 1. The zero-order valence-corrected chi connectivity index (χ0v) is 22.2. The molecule has 0 bridgehead atoms. The fraction of sp³-hybridized carbons (Fsp3) is 0.571. The number of anilines is 1. The van der Waals surface area contributed by atoms with Crippen LogP contribution in [0.4, 0.5) is 5.69 Å². The van der Waals surface area contributed by atoms with Gasteiger partial charge in [0, 0.05) is 31.7 Å². The number of hydrogen-bond acceptors (Lipinski definition) is 6. The lowest BCUT2D eigenvalue weighted by atomic mass is 9.66. The summed E-state index contributed by atoms with van der Waals surface area (Å²) in [6, 6.07) is 6.19. The van der Waals surface area contributed by atoms with Crippen LogP contribution in [0.1, 0.15) is 64.5 Å². The van der Waals surface area contributed by atoms with E-state index in [2.05, 4.69) is 34.0 Å². The van der Waals surface area contributed by atoms with Crippen LogP contribution in [0.5, 0.6) is 5.75 Å². The first-order valence-electron chi connectivity index (χ1n) is 13.6. The van der Waals surface area contributed by atoms with Gasteiger partial charge in [0.05, 0.1) is 17.9 Å². The minimum atomic E-state index is -0.201. The van der Waals surface area contributed by atoms with Gasteiger partial charge in [0.25, 0.3) is 5.56 Å². The van der Waals surface area contributed by atoms with E-state index in [4.69, 9.17) is 15.5 Å². The van der Waals surface area contributed by atoms with E-state index >= 15 is 0 Å². The van der Waals surface area contributed by atoms with Crippen LogP contribution < -0.4 is 20.9 Å². The molecule has 2 aromatic heterocycles. The lowest BCUT2D eigenvalue weighted by Gasteiger charge is -2.47. The molecule has 2 fully saturated rings. The number of carbonyl (C=O) groups is 1. The molecule has 37 heavy (non-hydrogen) atoms. The number of aromatic nitrogens is 4. The predicted molar refractivity (Wildman–Crippen MR) is 145 cm³/mol. The number of aryl methyl sites for hydroxylation is 2. The average molecular weight is 507 g/mol. The fourth-order valence-corrected chi connectivity index (χ4v) is 6.31. The van der Waals surface area contributed by atoms with Gasteiger partial charge in [-0.1, -0.05) is 13.3 Å². The third kappa shape index (κ3) is 4.83. The first-order chi connectivity index (χ1) is 17.8. The zero-order chi connectivity index (χ0) is 26.2. The van der Waals surface area contributed by atoms with Crippen molar-refractivity contribution in [1.29, 1.82) is 0 Å². The Hall–Kier alpha value is -3.36. The van der Waals surface area contributed by atoms with Crippen molar-refractivity contribution in [3.05, 3.63) is 34.2 Å². The van der Waals surface area contributed by atoms with E-state index in [9.17, 15) is 9.59 Å². The summed E-state index contributed by atoms with van der Waals surface area (Å²) in [6.45, 7) is 6.49. The number of fused-ring (bicyclic) bond motifs is 1. The van der Waals surface area contributed by atoms with Crippen LogP contribution in [-0.2, 0) is 18.3 Å². The SMILES string of the molecule is CCCc1nn(C)c2c(=O)[nH]c(-c3cc(N4CCCC5(CCC(C(N)=O)CC5)C4)ccc3OCC)nc12. The van der Waals surface area contributed by atoms with Crippen molar-refractivity contribution in [3.8, 4) is 17.1 Å². The van der Waals surface area contributed by atoms with Crippen molar-refractivity contribution < 1.29 is 9.53 Å². The molecule has 0 atom stereocenters. The number of H-pyrrole nitrogens is 1. The molecule has 2 aliphatic rings. The van der Waals surface area contributed by atoms with Crippen molar-refractivity contribution in [2.75, 3.05) is 24.6 Å². The molecule has 0 radical (unpaired) electrons. The summed E-state index contributed by atoms with van der Waals surface area (Å²) in [7, 11) is 1.79. The van der Waals surface area contributed by atoms with Crippen LogP contribution in [0, 0.1) is 11.3 Å². The van der Waals surface area contributed by atoms with Crippen LogP contribution in [-0.4, -0.2) is 45.4 Å². The van der Waals surface area contributed by atoms with Crippen molar-refractivity contribution in [1.82, 2.24) is 19.7 Å². The highest BCUT2D eigenvalue weighted by Crippen LogP contribution is 2.46. The lowest BCUT2D eigenvalue weighted by molar-refractivity contribution is -0.123. The molecule has 1 aliphatic carbocycles. The Balaban J connectivity index is 1.51. The fourth-order valence-electron chi connectivity index (χ4n) is 6.31. The molecule has 1 aromatic carbocycles. The normalized spacial score (nSPS) is 22.0. The summed E-state index contributed by atoms with van der Waals surface area (Å²) in [5.41, 5.74) is 9.47. The second kappa shape index (κ2) is 10.2. The third-order valence-electron chi connectivity index (χ3n) is 8.24. The summed E-state index contributed by atoms with van der Waals surface area (Å²) in [4.78, 5) is 35.1. The molecule has 9 nitrogen and oxygen atoms in total. The third-order valence-corrected chi connectivity index (χ3v) is 8.24. The van der Waals surface area contributed by atoms with Gasteiger partial charge in [-0.05, 0) is 75.5 Å². The van der Waals surface area contributed by atoms with Crippen molar-refractivity contribution >= 4 is 22.6 Å². The highest BCUT2D eigenvalue weighted by atomic mass is 16.5. The molecular weight excluding hydrogens is 468 g/mol. The monoisotopic (exact) mass is 506 g/mol. The molecule has 1 saturated carbocycles. The molecule has 0 unspecified atom stereocenters. The maximum atomic E-state index is 13.1. The predicted octanol–water partition coefficient (Wildman–Crippen LogP) is 3.94. The zero-order valence-electron chi connectivity index (χ0n) is 22.2. The standard InChI is InChI=1S/C28H38N6O3/c1-4-7-21-23-24(33(3)32-21)27(36)31-26(30-23)20-16-19(8-9-22(20)37-5-2)34-15-6-12-28(17-34)13-10-18(11-14-28)25(29)35/h8-9,16,18H,4-7,10-15,17H2,1-3H3,(H2,29,35)(H,30,31,36). The van der Waals surface area contributed by atoms with E-state index < -0.39 is 0 Å². The number of aromatic amines is 1. The average Bonchev–Trinajstić information content (AvgIpc) is 3.20. The van der Waals surface area contributed by atoms with E-state index in [-0.39, 0.29) is 22.8 Å². The molecule has 9 heteroatoms. The molecule has 1 spiro atoms. The van der Waals surface area contributed by atoms with Crippen LogP contribution >= 0.6 is 0 Å². The smallest absolute Gasteiger partial charge is 0.277 e. The summed E-state index contributed by atoms with van der Waals surface area (Å²) in [6.07, 6.45) is 7.82. The number of hydrogen-bond donors (Lipinski definition) is 2. The van der Waals surface area contributed by atoms with Gasteiger partial charge in [-0.3, -0.25) is 14.3 Å². The quantitative estimate of drug-likeness (QED) is 0.501. The van der Waals surface area contributed by atoms with Gasteiger partial charge in [0.1, 0.15) is 17.1 Å². The number of ether oxygens (including phenoxy) is 1. The Labute approximate surface area is 217 Å². The number of piperidine rings is 1. The Bertz CT molecular complexity index is 1350. The highest BCUT2D eigenvalue weighted by Gasteiger charge is 2.40. The van der Waals surface area contributed by atoms with Crippen LogP contribution in [0.3, 0.4) is 0 Å². The second-order valence-corrected chi connectivity index (χ2v) is 10.7. The molecule has 5 rings (SSSR count). The molecule has 198 valence electrons. The second-order valence-electron chi connectivity index (χ2n) is 10.7. The van der Waals surface area contributed by atoms with E-state index in [0.717, 1.165) is 75.0 Å². The van der Waals surface area contributed by atoms with E-state index in [0.29, 0.717) is 29.2 Å². The molecule has 1 amide bonds. The van der Waals surface area contributed by atoms with Gasteiger partial charge >= 0.3 is 0 Å². The Kier molecular flexibility index (Phi) is 6.96. The van der Waals surface area contributed by atoms with Crippen LogP contribution in [0.25, 0.3) is 22.4 Å². The summed E-state index contributed by atoms with van der Waals surface area (Å²) >= 11 is 0. The largest absolute Gasteiger partial charge is 0.493 e. The van der Waals surface area contributed by atoms with E-state index in [1.165, 1.54) is 6.42 Å². The molecule has 3 N–H and O–H groups in total. The minimum Gasteiger partial charge on any atom is -0.493 e. The summed E-state index contributed by atoms with van der Waals surface area (Å²) in [5.74, 6) is 1.05. The van der Waals surface area contributed by atoms with Crippen molar-refractivity contribution in [2.24, 2.45) is 24.1 Å². The molecular formula is C28H38N6O3. The number of amides is 1. The van der Waals surface area contributed by atoms with E-state index in [1.807, 2.05) is 13.0 Å². The van der Waals surface area contributed by atoms with Gasteiger partial charge in [0.15, 0.2) is 5.52 Å². The van der Waals surface area contributed by atoms with Crippen LogP contribution in [0.15, 0.2) is 23.0 Å². The minimum absolute atomic E-state index is 0.0148. The molecule has 1 saturated heterocycles. The number of benzene rings is 1. The summed E-state index contributed by atoms with van der Waals surface area (Å²) < 4.78 is 7.59. The highest BCUT2D eigenvalue weighted by molar-refractivity contribution is 5.80. The topological polar surface area (TPSA) is 119 Å². The van der Waals surface area contributed by atoms with Crippen molar-refractivity contribution in [2.45, 2.75) is 65.2 Å². The number of nitrogens with two attached hydrogens (primary N) is 1. The Morgan fingerprint density at radius 1 is 1.24 bits per heavy atom. The lowest BCUT2D eigenvalue weighted by Crippen LogP contribution is -2.46. The maximum absolute atomic E-state index is 13.1. The van der Waals surface area contributed by atoms with Gasteiger partial charge in [-0.2, -0.15) is 5.10 Å². The Morgan fingerprint density at radius 3 is 2.73 bits per heavy atom. The number of nitrogens with zero attached hydrogens (tertiary/aromatic N) is 4.